The Balaban J connectivity index is 2.05. The van der Waals surface area contributed by atoms with Crippen LogP contribution in [0.1, 0.15) is 25.3 Å². The van der Waals surface area contributed by atoms with E-state index in [1.165, 1.54) is 6.92 Å². The summed E-state index contributed by atoms with van der Waals surface area (Å²) in [5.41, 5.74) is 8.72. The molecular formula is C13H19N3O. The third-order valence-electron chi connectivity index (χ3n) is 3.09. The van der Waals surface area contributed by atoms with Gasteiger partial charge in [0.15, 0.2) is 0 Å². The number of carbonyl (C=O) groups is 1. The molecule has 92 valence electrons. The number of anilines is 2. The van der Waals surface area contributed by atoms with Gasteiger partial charge in [-0.05, 0) is 37.5 Å². The lowest BCUT2D eigenvalue weighted by molar-refractivity contribution is -0.114. The van der Waals surface area contributed by atoms with Crippen molar-refractivity contribution < 1.29 is 4.79 Å². The highest BCUT2D eigenvalue weighted by atomic mass is 16.1. The van der Waals surface area contributed by atoms with Crippen LogP contribution in [0.5, 0.6) is 0 Å². The fourth-order valence-corrected chi connectivity index (χ4v) is 2.05. The summed E-state index contributed by atoms with van der Waals surface area (Å²) >= 11 is 0. The van der Waals surface area contributed by atoms with Gasteiger partial charge in [-0.25, -0.2) is 0 Å². The van der Waals surface area contributed by atoms with Crippen LogP contribution in [0.3, 0.4) is 0 Å². The van der Waals surface area contributed by atoms with Gasteiger partial charge in [0.25, 0.3) is 0 Å². The monoisotopic (exact) mass is 233 g/mol. The summed E-state index contributed by atoms with van der Waals surface area (Å²) < 4.78 is 0. The first-order valence-corrected chi connectivity index (χ1v) is 5.95. The lowest BCUT2D eigenvalue weighted by Gasteiger charge is -2.34. The first-order chi connectivity index (χ1) is 8.04. The summed E-state index contributed by atoms with van der Waals surface area (Å²) in [6, 6.07) is 6.82. The van der Waals surface area contributed by atoms with Gasteiger partial charge in [0.05, 0.1) is 0 Å². The second-order valence-electron chi connectivity index (χ2n) is 4.78. The van der Waals surface area contributed by atoms with Crippen LogP contribution in [0.15, 0.2) is 18.2 Å². The normalized spacial score (nSPS) is 22.8. The molecule has 0 saturated heterocycles. The second kappa shape index (κ2) is 4.75. The molecular weight excluding hydrogens is 214 g/mol. The van der Waals surface area contributed by atoms with E-state index in [1.54, 1.807) is 0 Å². The number of nitrogens with one attached hydrogen (secondary N) is 2. The molecule has 1 aromatic rings. The maximum absolute atomic E-state index is 11.1. The van der Waals surface area contributed by atoms with E-state index >= 15 is 0 Å². The summed E-state index contributed by atoms with van der Waals surface area (Å²) in [7, 11) is 0. The summed E-state index contributed by atoms with van der Waals surface area (Å²) in [5, 5.41) is 6.25. The third kappa shape index (κ3) is 2.97. The van der Waals surface area contributed by atoms with E-state index in [0.717, 1.165) is 29.8 Å². The van der Waals surface area contributed by atoms with Gasteiger partial charge in [0.1, 0.15) is 0 Å². The molecule has 0 aromatic heterocycles. The molecule has 0 radical (unpaired) electrons. The van der Waals surface area contributed by atoms with Gasteiger partial charge in [-0.1, -0.05) is 6.07 Å². The minimum atomic E-state index is -0.0454. The predicted molar refractivity (Wildman–Crippen MR) is 70.1 cm³/mol. The van der Waals surface area contributed by atoms with Crippen molar-refractivity contribution in [1.29, 1.82) is 0 Å². The quantitative estimate of drug-likeness (QED) is 0.746. The Kier molecular flexibility index (Phi) is 3.33. The number of hydrogen-bond acceptors (Lipinski definition) is 3. The Hall–Kier alpha value is -1.55. The molecule has 1 amide bonds. The van der Waals surface area contributed by atoms with Gasteiger partial charge in [-0.15, -0.1) is 0 Å². The van der Waals surface area contributed by atoms with Gasteiger partial charge >= 0.3 is 0 Å². The first kappa shape index (κ1) is 11.9. The molecule has 2 rings (SSSR count). The maximum Gasteiger partial charge on any atom is 0.221 e. The molecule has 0 spiro atoms. The highest BCUT2D eigenvalue weighted by Gasteiger charge is 2.25. The minimum absolute atomic E-state index is 0.0454. The summed E-state index contributed by atoms with van der Waals surface area (Å²) in [5.74, 6) is -0.0454. The summed E-state index contributed by atoms with van der Waals surface area (Å²) in [4.78, 5) is 11.1. The van der Waals surface area contributed by atoms with Crippen LogP contribution in [0.25, 0.3) is 0 Å². The zero-order valence-electron chi connectivity index (χ0n) is 10.3. The van der Waals surface area contributed by atoms with Gasteiger partial charge < -0.3 is 16.4 Å². The largest absolute Gasteiger partial charge is 0.382 e. The maximum atomic E-state index is 11.1. The molecule has 4 nitrogen and oxygen atoms in total. The molecule has 17 heavy (non-hydrogen) atoms. The van der Waals surface area contributed by atoms with Crippen molar-refractivity contribution in [2.24, 2.45) is 5.73 Å². The number of carbonyl (C=O) groups excluding carboxylic acids is 1. The molecule has 0 aliphatic heterocycles. The lowest BCUT2D eigenvalue weighted by Crippen LogP contribution is -2.44. The average Bonchev–Trinajstić information content (AvgIpc) is 2.20. The van der Waals surface area contributed by atoms with Gasteiger partial charge in [0.2, 0.25) is 5.91 Å². The number of aryl methyl sites for hydroxylation is 1. The first-order valence-electron chi connectivity index (χ1n) is 5.95. The number of rotatable bonds is 3. The molecule has 4 heteroatoms. The van der Waals surface area contributed by atoms with E-state index in [-0.39, 0.29) is 5.91 Å². The van der Waals surface area contributed by atoms with Gasteiger partial charge in [0, 0.05) is 30.4 Å². The van der Waals surface area contributed by atoms with Crippen molar-refractivity contribution in [2.45, 2.75) is 38.8 Å². The zero-order chi connectivity index (χ0) is 12.4. The highest BCUT2D eigenvalue weighted by Crippen LogP contribution is 2.25. The van der Waals surface area contributed by atoms with Crippen LogP contribution in [0, 0.1) is 6.92 Å². The van der Waals surface area contributed by atoms with Gasteiger partial charge in [-0.2, -0.15) is 0 Å². The number of nitrogens with two attached hydrogens (primary N) is 1. The third-order valence-corrected chi connectivity index (χ3v) is 3.09. The van der Waals surface area contributed by atoms with Crippen molar-refractivity contribution in [2.75, 3.05) is 10.6 Å². The van der Waals surface area contributed by atoms with Crippen LogP contribution in [0.4, 0.5) is 11.4 Å². The van der Waals surface area contributed by atoms with E-state index in [4.69, 9.17) is 5.73 Å². The SMILES string of the molecule is CC(=O)Nc1cc(NC2CC(N)C2)ccc1C. The van der Waals surface area contributed by atoms with Crippen molar-refractivity contribution >= 4 is 17.3 Å². The Morgan fingerprint density at radius 1 is 1.41 bits per heavy atom. The van der Waals surface area contributed by atoms with Crippen LogP contribution < -0.4 is 16.4 Å². The number of hydrogen-bond donors (Lipinski definition) is 3. The van der Waals surface area contributed by atoms with E-state index in [9.17, 15) is 4.79 Å². The smallest absolute Gasteiger partial charge is 0.221 e. The van der Waals surface area contributed by atoms with Crippen LogP contribution >= 0.6 is 0 Å². The highest BCUT2D eigenvalue weighted by molar-refractivity contribution is 5.90. The number of amides is 1. The standard InChI is InChI=1S/C13H19N3O/c1-8-3-4-11(7-13(8)15-9(2)17)16-12-5-10(14)6-12/h3-4,7,10,12,16H,5-6,14H2,1-2H3,(H,15,17). The Morgan fingerprint density at radius 2 is 2.12 bits per heavy atom. The van der Waals surface area contributed by atoms with E-state index < -0.39 is 0 Å². The molecule has 0 unspecified atom stereocenters. The van der Waals surface area contributed by atoms with E-state index in [1.807, 2.05) is 25.1 Å². The van der Waals surface area contributed by atoms with Crippen molar-refractivity contribution in [1.82, 2.24) is 0 Å². The zero-order valence-corrected chi connectivity index (χ0v) is 10.3. The van der Waals surface area contributed by atoms with Gasteiger partial charge in [-0.3, -0.25) is 4.79 Å². The van der Waals surface area contributed by atoms with Crippen LogP contribution in [-0.2, 0) is 4.79 Å². The van der Waals surface area contributed by atoms with Crippen LogP contribution in [0.2, 0.25) is 0 Å². The lowest BCUT2D eigenvalue weighted by atomic mass is 9.87. The Morgan fingerprint density at radius 3 is 2.71 bits per heavy atom. The van der Waals surface area contributed by atoms with Crippen molar-refractivity contribution in [3.63, 3.8) is 0 Å². The summed E-state index contributed by atoms with van der Waals surface area (Å²) in [6.45, 7) is 3.50. The van der Waals surface area contributed by atoms with Crippen LogP contribution in [-0.4, -0.2) is 18.0 Å². The number of benzene rings is 1. The molecule has 1 aliphatic carbocycles. The molecule has 0 bridgehead atoms. The molecule has 1 aliphatic rings. The molecule has 1 aromatic carbocycles. The second-order valence-corrected chi connectivity index (χ2v) is 4.78. The molecule has 4 N–H and O–H groups in total. The fourth-order valence-electron chi connectivity index (χ4n) is 2.05. The molecule has 0 heterocycles. The summed E-state index contributed by atoms with van der Waals surface area (Å²) in [6.07, 6.45) is 2.03. The van der Waals surface area contributed by atoms with E-state index in [2.05, 4.69) is 10.6 Å². The van der Waals surface area contributed by atoms with E-state index in [0.29, 0.717) is 12.1 Å². The topological polar surface area (TPSA) is 67.2 Å². The predicted octanol–water partition coefficient (Wildman–Crippen LogP) is 1.86. The Bertz CT molecular complexity index is 425. The van der Waals surface area contributed by atoms with Crippen molar-refractivity contribution in [3.8, 4) is 0 Å². The molecule has 0 atom stereocenters. The fraction of sp³-hybridized carbons (Fsp3) is 0.462. The minimum Gasteiger partial charge on any atom is -0.382 e. The van der Waals surface area contributed by atoms with Crippen molar-refractivity contribution in [3.05, 3.63) is 23.8 Å². The Labute approximate surface area is 102 Å². The average molecular weight is 233 g/mol. The molecule has 1 saturated carbocycles. The molecule has 1 fully saturated rings.